The molecule has 5 rings (SSSR count). The monoisotopic (exact) mass is 561 g/mol. The molecule has 0 bridgehead atoms. The number of hydrogen-bond donors (Lipinski definition) is 1. The summed E-state index contributed by atoms with van der Waals surface area (Å²) in [7, 11) is 1.86. The Morgan fingerprint density at radius 1 is 1.02 bits per heavy atom. The minimum Gasteiger partial charge on any atom is -0.342 e. The molecule has 0 radical (unpaired) electrons. The molecule has 1 N–H and O–H groups in total. The summed E-state index contributed by atoms with van der Waals surface area (Å²) in [6.45, 7) is 2.74. The van der Waals surface area contributed by atoms with Crippen molar-refractivity contribution in [3.63, 3.8) is 0 Å². The van der Waals surface area contributed by atoms with Gasteiger partial charge in [0.2, 0.25) is 5.91 Å². The average Bonchev–Trinajstić information content (AvgIpc) is 3.09. The fourth-order valence-corrected chi connectivity index (χ4v) is 5.57. The van der Waals surface area contributed by atoms with Crippen molar-refractivity contribution in [2.75, 3.05) is 43.4 Å². The molecule has 3 aromatic rings. The van der Waals surface area contributed by atoms with E-state index in [4.69, 9.17) is 0 Å². The second kappa shape index (κ2) is 13.5. The summed E-state index contributed by atoms with van der Waals surface area (Å²) in [4.78, 5) is 49.2. The third kappa shape index (κ3) is 6.69. The number of para-hydroxylation sites is 1. The van der Waals surface area contributed by atoms with Crippen molar-refractivity contribution in [1.29, 1.82) is 0 Å². The number of aromatic nitrogens is 1. The SMILES string of the molecule is CN(CCCCC1CCCN(CC(=O)N2c3ccccc3C(=O)Nc3cccnc32)C1)C(=O)c1ccccc1.Cl. The summed E-state index contributed by atoms with van der Waals surface area (Å²) >= 11 is 0. The number of anilines is 3. The molecule has 2 aliphatic rings. The fourth-order valence-electron chi connectivity index (χ4n) is 5.57. The molecule has 1 unspecified atom stereocenters. The van der Waals surface area contributed by atoms with Crippen LogP contribution in [0.15, 0.2) is 72.9 Å². The van der Waals surface area contributed by atoms with E-state index in [1.54, 1.807) is 46.3 Å². The summed E-state index contributed by atoms with van der Waals surface area (Å²) in [6, 6.07) is 20.1. The lowest BCUT2D eigenvalue weighted by Crippen LogP contribution is -2.43. The van der Waals surface area contributed by atoms with Crippen LogP contribution in [0.4, 0.5) is 17.2 Å². The van der Waals surface area contributed by atoms with Crippen LogP contribution in [0.25, 0.3) is 0 Å². The second-order valence-electron chi connectivity index (χ2n) is 10.4. The van der Waals surface area contributed by atoms with E-state index in [9.17, 15) is 14.4 Å². The second-order valence-corrected chi connectivity index (χ2v) is 10.4. The molecular formula is C31H36ClN5O3. The van der Waals surface area contributed by atoms with Crippen molar-refractivity contribution in [2.45, 2.75) is 32.1 Å². The zero-order valence-electron chi connectivity index (χ0n) is 22.8. The lowest BCUT2D eigenvalue weighted by Gasteiger charge is -2.34. The van der Waals surface area contributed by atoms with Crippen molar-refractivity contribution in [2.24, 2.45) is 5.92 Å². The van der Waals surface area contributed by atoms with Crippen LogP contribution in [0.5, 0.6) is 0 Å². The number of nitrogens with zero attached hydrogens (tertiary/aromatic N) is 4. The van der Waals surface area contributed by atoms with Gasteiger partial charge < -0.3 is 10.2 Å². The lowest BCUT2D eigenvalue weighted by molar-refractivity contribution is -0.119. The predicted octanol–water partition coefficient (Wildman–Crippen LogP) is 5.39. The van der Waals surface area contributed by atoms with E-state index < -0.39 is 0 Å². The maximum atomic E-state index is 13.7. The molecule has 8 nitrogen and oxygen atoms in total. The maximum absolute atomic E-state index is 13.7. The Bertz CT molecular complexity index is 1340. The minimum atomic E-state index is -0.246. The Hall–Kier alpha value is -3.75. The first-order valence-electron chi connectivity index (χ1n) is 13.7. The Labute approximate surface area is 241 Å². The van der Waals surface area contributed by atoms with Crippen LogP contribution in [0, 0.1) is 5.92 Å². The van der Waals surface area contributed by atoms with Gasteiger partial charge in [0.05, 0.1) is 23.5 Å². The molecule has 0 saturated carbocycles. The molecule has 2 aliphatic heterocycles. The van der Waals surface area contributed by atoms with Crippen LogP contribution in [0.3, 0.4) is 0 Å². The van der Waals surface area contributed by atoms with Gasteiger partial charge in [0.15, 0.2) is 5.82 Å². The standard InChI is InChI=1S/C31H35N5O3.ClH/c1-34(31(39)24-13-3-2-4-14-24)19-8-7-11-23-12-10-20-35(21-23)22-28(37)36-27-17-6-5-15-25(27)30(38)33-26-16-9-18-32-29(26)36;/h2-6,9,13-18,23H,7-8,10-12,19-22H2,1H3,(H,33,38);1H. The Morgan fingerprint density at radius 3 is 2.62 bits per heavy atom. The van der Waals surface area contributed by atoms with Gasteiger partial charge in [-0.1, -0.05) is 36.8 Å². The molecule has 210 valence electrons. The van der Waals surface area contributed by atoms with Gasteiger partial charge in [-0.25, -0.2) is 4.98 Å². The summed E-state index contributed by atoms with van der Waals surface area (Å²) in [6.07, 6.45) is 6.92. The van der Waals surface area contributed by atoms with E-state index in [2.05, 4.69) is 15.2 Å². The molecule has 2 aromatic carbocycles. The number of amides is 3. The Kier molecular flexibility index (Phi) is 9.90. The molecule has 40 heavy (non-hydrogen) atoms. The molecule has 3 amide bonds. The summed E-state index contributed by atoms with van der Waals surface area (Å²) in [5.41, 5.74) is 2.26. The molecular weight excluding hydrogens is 526 g/mol. The minimum absolute atomic E-state index is 0. The zero-order valence-corrected chi connectivity index (χ0v) is 23.6. The quantitative estimate of drug-likeness (QED) is 0.373. The number of carbonyl (C=O) groups is 3. The largest absolute Gasteiger partial charge is 0.342 e. The van der Waals surface area contributed by atoms with Crippen molar-refractivity contribution in [1.82, 2.24) is 14.8 Å². The highest BCUT2D eigenvalue weighted by atomic mass is 35.5. The number of pyridine rings is 1. The molecule has 9 heteroatoms. The Balaban J connectivity index is 0.00000370. The van der Waals surface area contributed by atoms with Crippen molar-refractivity contribution >= 4 is 47.3 Å². The van der Waals surface area contributed by atoms with Gasteiger partial charge in [0.1, 0.15) is 0 Å². The first-order valence-corrected chi connectivity index (χ1v) is 13.7. The number of rotatable bonds is 8. The number of hydrogen-bond acceptors (Lipinski definition) is 5. The van der Waals surface area contributed by atoms with Crippen LogP contribution in [0.1, 0.15) is 52.8 Å². The summed E-state index contributed by atoms with van der Waals surface area (Å²) < 4.78 is 0. The summed E-state index contributed by atoms with van der Waals surface area (Å²) in [5.74, 6) is 0.682. The third-order valence-corrected chi connectivity index (χ3v) is 7.57. The first kappa shape index (κ1) is 29.2. The van der Waals surface area contributed by atoms with Crippen LogP contribution < -0.4 is 10.2 Å². The highest BCUT2D eigenvalue weighted by Gasteiger charge is 2.32. The van der Waals surface area contributed by atoms with Gasteiger partial charge in [-0.3, -0.25) is 24.2 Å². The molecule has 1 saturated heterocycles. The number of benzene rings is 2. The van der Waals surface area contributed by atoms with Crippen molar-refractivity contribution in [3.8, 4) is 0 Å². The Morgan fingerprint density at radius 2 is 1.80 bits per heavy atom. The highest BCUT2D eigenvalue weighted by molar-refractivity contribution is 6.17. The van der Waals surface area contributed by atoms with Crippen LogP contribution in [-0.2, 0) is 4.79 Å². The molecule has 1 aromatic heterocycles. The van der Waals surface area contributed by atoms with Gasteiger partial charge in [0, 0.05) is 31.9 Å². The topological polar surface area (TPSA) is 85.8 Å². The highest BCUT2D eigenvalue weighted by Crippen LogP contribution is 2.36. The van der Waals surface area contributed by atoms with E-state index in [0.717, 1.165) is 57.3 Å². The number of carbonyl (C=O) groups excluding carboxylic acids is 3. The predicted molar refractivity (Wildman–Crippen MR) is 159 cm³/mol. The lowest BCUT2D eigenvalue weighted by atomic mass is 9.92. The smallest absolute Gasteiger partial charge is 0.257 e. The van der Waals surface area contributed by atoms with Gasteiger partial charge >= 0.3 is 0 Å². The average molecular weight is 562 g/mol. The summed E-state index contributed by atoms with van der Waals surface area (Å²) in [5, 5.41) is 2.89. The van der Waals surface area contributed by atoms with Crippen LogP contribution in [-0.4, -0.2) is 65.7 Å². The number of fused-ring (bicyclic) bond motifs is 2. The van der Waals surface area contributed by atoms with Crippen LogP contribution >= 0.6 is 12.4 Å². The van der Waals surface area contributed by atoms with Gasteiger partial charge in [-0.05, 0) is 74.5 Å². The van der Waals surface area contributed by atoms with Crippen molar-refractivity contribution < 1.29 is 14.4 Å². The molecule has 0 spiro atoms. The van der Waals surface area contributed by atoms with Crippen LogP contribution in [0.2, 0.25) is 0 Å². The van der Waals surface area contributed by atoms with E-state index in [0.29, 0.717) is 28.7 Å². The van der Waals surface area contributed by atoms with E-state index in [1.807, 2.05) is 43.4 Å². The molecule has 0 aliphatic carbocycles. The number of halogens is 1. The molecule has 1 fully saturated rings. The third-order valence-electron chi connectivity index (χ3n) is 7.57. The van der Waals surface area contributed by atoms with Gasteiger partial charge in [-0.15, -0.1) is 12.4 Å². The normalized spacial score (nSPS) is 16.6. The van der Waals surface area contributed by atoms with E-state index in [1.165, 1.54) is 0 Å². The first-order chi connectivity index (χ1) is 19.0. The van der Waals surface area contributed by atoms with Gasteiger partial charge in [0.25, 0.3) is 11.8 Å². The molecule has 1 atom stereocenters. The number of likely N-dealkylation sites (tertiary alicyclic amines) is 1. The zero-order chi connectivity index (χ0) is 27.2. The maximum Gasteiger partial charge on any atom is 0.257 e. The van der Waals surface area contributed by atoms with E-state index >= 15 is 0 Å². The van der Waals surface area contributed by atoms with Gasteiger partial charge in [-0.2, -0.15) is 0 Å². The number of unbranched alkanes of at least 4 members (excludes halogenated alkanes) is 1. The van der Waals surface area contributed by atoms with E-state index in [-0.39, 0.29) is 36.7 Å². The van der Waals surface area contributed by atoms with Crippen molar-refractivity contribution in [3.05, 3.63) is 84.1 Å². The number of piperidine rings is 1. The molecule has 3 heterocycles. The fraction of sp³-hybridized carbons (Fsp3) is 0.355. The number of nitrogens with one attached hydrogen (secondary N) is 1.